The highest BCUT2D eigenvalue weighted by Gasteiger charge is 2.04. The van der Waals surface area contributed by atoms with Crippen molar-refractivity contribution in [3.8, 4) is 0 Å². The van der Waals surface area contributed by atoms with E-state index in [-0.39, 0.29) is 5.97 Å². The first-order chi connectivity index (χ1) is 8.69. The smallest absolute Gasteiger partial charge is 0.337 e. The van der Waals surface area contributed by atoms with Gasteiger partial charge in [-0.3, -0.25) is 0 Å². The number of rotatable bonds is 3. The predicted molar refractivity (Wildman–Crippen MR) is 70.9 cm³/mol. The Morgan fingerprint density at radius 1 is 1.22 bits per heavy atom. The minimum Gasteiger partial charge on any atom is -0.465 e. The summed E-state index contributed by atoms with van der Waals surface area (Å²) in [4.78, 5) is 11.3. The van der Waals surface area contributed by atoms with Crippen LogP contribution in [0.1, 0.15) is 21.5 Å². The summed E-state index contributed by atoms with van der Waals surface area (Å²) in [5.74, 6) is -0.343. The molecule has 0 fully saturated rings. The number of halogens is 1. The normalized spacial score (nSPS) is 10.1. The molecule has 0 amide bonds. The third-order valence-electron chi connectivity index (χ3n) is 2.61. The van der Waals surface area contributed by atoms with Gasteiger partial charge in [-0.25, -0.2) is 4.79 Å². The Bertz CT molecular complexity index is 529. The lowest BCUT2D eigenvalue weighted by atomic mass is 10.0. The molecule has 0 aliphatic rings. The lowest BCUT2D eigenvalue weighted by molar-refractivity contribution is 0.0600. The lowest BCUT2D eigenvalue weighted by Crippen LogP contribution is -2.01. The van der Waals surface area contributed by atoms with Gasteiger partial charge in [0.25, 0.3) is 0 Å². The van der Waals surface area contributed by atoms with Crippen LogP contribution in [-0.2, 0) is 11.2 Å². The molecule has 0 unspecified atom stereocenters. The zero-order valence-corrected chi connectivity index (χ0v) is 10.7. The van der Waals surface area contributed by atoms with E-state index in [1.54, 1.807) is 12.1 Å². The monoisotopic (exact) mass is 259 g/mol. The molecule has 0 bridgehead atoms. The van der Waals surface area contributed by atoms with Gasteiger partial charge in [0.1, 0.15) is 0 Å². The van der Waals surface area contributed by atoms with E-state index in [1.165, 1.54) is 7.11 Å². The Kier molecular flexibility index (Phi) is 4.00. The SMILES string of the molecule is COC(=O)c1c[c]c(Cc2ccc(Cl)cc2)cc1. The first-order valence-corrected chi connectivity index (χ1v) is 5.90. The second kappa shape index (κ2) is 5.69. The van der Waals surface area contributed by atoms with Crippen LogP contribution in [0.5, 0.6) is 0 Å². The molecule has 0 atom stereocenters. The van der Waals surface area contributed by atoms with Gasteiger partial charge >= 0.3 is 5.97 Å². The number of carbonyl (C=O) groups excluding carboxylic acids is 1. The van der Waals surface area contributed by atoms with Crippen LogP contribution in [0.25, 0.3) is 0 Å². The summed E-state index contributed by atoms with van der Waals surface area (Å²) in [5.41, 5.74) is 2.68. The van der Waals surface area contributed by atoms with Gasteiger partial charge in [0.05, 0.1) is 12.7 Å². The van der Waals surface area contributed by atoms with Crippen LogP contribution in [0.15, 0.2) is 42.5 Å². The zero-order valence-electron chi connectivity index (χ0n) is 9.94. The molecule has 2 rings (SSSR count). The maximum atomic E-state index is 11.3. The van der Waals surface area contributed by atoms with Crippen molar-refractivity contribution in [1.29, 1.82) is 0 Å². The number of ether oxygens (including phenoxy) is 1. The molecule has 1 radical (unpaired) electrons. The van der Waals surface area contributed by atoms with Gasteiger partial charge in [-0.05, 0) is 47.9 Å². The fourth-order valence-corrected chi connectivity index (χ4v) is 1.76. The molecule has 18 heavy (non-hydrogen) atoms. The fraction of sp³-hybridized carbons (Fsp3) is 0.133. The molecule has 2 nitrogen and oxygen atoms in total. The number of benzene rings is 2. The van der Waals surface area contributed by atoms with E-state index < -0.39 is 0 Å². The fourth-order valence-electron chi connectivity index (χ4n) is 1.63. The largest absolute Gasteiger partial charge is 0.465 e. The standard InChI is InChI=1S/C15H12ClO2/c1-18-15(17)13-6-2-11(3-7-13)10-12-4-8-14(16)9-5-12/h2,4-9H,10H2,1H3. The van der Waals surface area contributed by atoms with Gasteiger partial charge in [0, 0.05) is 5.02 Å². The summed E-state index contributed by atoms with van der Waals surface area (Å²) in [6.07, 6.45) is 0.763. The first-order valence-electron chi connectivity index (χ1n) is 5.52. The lowest BCUT2D eigenvalue weighted by Gasteiger charge is -2.03. The Labute approximate surface area is 111 Å². The van der Waals surface area contributed by atoms with Crippen LogP contribution in [0.3, 0.4) is 0 Å². The van der Waals surface area contributed by atoms with Gasteiger partial charge in [-0.15, -0.1) is 0 Å². The van der Waals surface area contributed by atoms with E-state index in [0.717, 1.165) is 22.6 Å². The molecule has 2 aromatic rings. The molecular formula is C15H12ClO2. The van der Waals surface area contributed by atoms with E-state index in [4.69, 9.17) is 11.6 Å². The van der Waals surface area contributed by atoms with Gasteiger partial charge in [-0.2, -0.15) is 0 Å². The second-order valence-corrected chi connectivity index (χ2v) is 4.33. The number of methoxy groups -OCH3 is 1. The van der Waals surface area contributed by atoms with Gasteiger partial charge in [0.2, 0.25) is 0 Å². The van der Waals surface area contributed by atoms with Crippen LogP contribution in [0.2, 0.25) is 5.02 Å². The number of hydrogen-bond acceptors (Lipinski definition) is 2. The third-order valence-corrected chi connectivity index (χ3v) is 2.86. The van der Waals surface area contributed by atoms with Crippen molar-refractivity contribution in [2.24, 2.45) is 0 Å². The predicted octanol–water partition coefficient (Wildman–Crippen LogP) is 3.52. The number of carbonyl (C=O) groups is 1. The number of hydrogen-bond donors (Lipinski definition) is 0. The summed E-state index contributed by atoms with van der Waals surface area (Å²) in [6, 6.07) is 16.0. The molecule has 0 N–H and O–H groups in total. The highest BCUT2D eigenvalue weighted by atomic mass is 35.5. The van der Waals surface area contributed by atoms with Crippen LogP contribution in [0.4, 0.5) is 0 Å². The molecule has 0 spiro atoms. The highest BCUT2D eigenvalue weighted by molar-refractivity contribution is 6.30. The van der Waals surface area contributed by atoms with Crippen molar-refractivity contribution in [3.05, 3.63) is 70.2 Å². The second-order valence-electron chi connectivity index (χ2n) is 3.90. The van der Waals surface area contributed by atoms with E-state index in [9.17, 15) is 4.79 Å². The Balaban J connectivity index is 2.10. The van der Waals surface area contributed by atoms with E-state index in [2.05, 4.69) is 10.8 Å². The molecule has 3 heteroatoms. The van der Waals surface area contributed by atoms with Gasteiger partial charge < -0.3 is 4.74 Å². The quantitative estimate of drug-likeness (QED) is 0.789. The summed E-state index contributed by atoms with van der Waals surface area (Å²) in [6.45, 7) is 0. The van der Waals surface area contributed by atoms with Crippen molar-refractivity contribution in [1.82, 2.24) is 0 Å². The molecule has 0 aliphatic heterocycles. The summed E-state index contributed by atoms with van der Waals surface area (Å²) < 4.78 is 4.63. The van der Waals surface area contributed by atoms with E-state index >= 15 is 0 Å². The third kappa shape index (κ3) is 3.11. The molecule has 0 heterocycles. The molecule has 2 aromatic carbocycles. The number of esters is 1. The highest BCUT2D eigenvalue weighted by Crippen LogP contribution is 2.14. The van der Waals surface area contributed by atoms with Crippen LogP contribution in [-0.4, -0.2) is 13.1 Å². The van der Waals surface area contributed by atoms with Crippen LogP contribution < -0.4 is 0 Å². The topological polar surface area (TPSA) is 26.3 Å². The van der Waals surface area contributed by atoms with Gasteiger partial charge in [-0.1, -0.05) is 29.8 Å². The Morgan fingerprint density at radius 3 is 2.50 bits per heavy atom. The molecular weight excluding hydrogens is 248 g/mol. The molecule has 0 aromatic heterocycles. The molecule has 91 valence electrons. The van der Waals surface area contributed by atoms with Crippen molar-refractivity contribution in [2.75, 3.05) is 7.11 Å². The van der Waals surface area contributed by atoms with E-state index in [1.807, 2.05) is 30.3 Å². The summed E-state index contributed by atoms with van der Waals surface area (Å²) >= 11 is 5.83. The minimum absolute atomic E-state index is 0.343. The Morgan fingerprint density at radius 2 is 1.94 bits per heavy atom. The molecule has 0 saturated heterocycles. The maximum Gasteiger partial charge on any atom is 0.337 e. The zero-order chi connectivity index (χ0) is 13.0. The average Bonchev–Trinajstić information content (AvgIpc) is 2.41. The van der Waals surface area contributed by atoms with Crippen LogP contribution >= 0.6 is 11.6 Å². The van der Waals surface area contributed by atoms with Gasteiger partial charge in [0.15, 0.2) is 0 Å². The van der Waals surface area contributed by atoms with Crippen molar-refractivity contribution < 1.29 is 9.53 Å². The molecule has 0 aliphatic carbocycles. The van der Waals surface area contributed by atoms with Crippen molar-refractivity contribution in [3.63, 3.8) is 0 Å². The van der Waals surface area contributed by atoms with Crippen LogP contribution in [0, 0.1) is 6.07 Å². The minimum atomic E-state index is -0.343. The molecule has 0 saturated carbocycles. The average molecular weight is 260 g/mol. The van der Waals surface area contributed by atoms with E-state index in [0.29, 0.717) is 5.56 Å². The Hall–Kier alpha value is -1.80. The first kappa shape index (κ1) is 12.7. The summed E-state index contributed by atoms with van der Waals surface area (Å²) in [5, 5.41) is 0.726. The van der Waals surface area contributed by atoms with Crippen molar-refractivity contribution >= 4 is 17.6 Å². The van der Waals surface area contributed by atoms with Crippen molar-refractivity contribution in [2.45, 2.75) is 6.42 Å². The summed E-state index contributed by atoms with van der Waals surface area (Å²) in [7, 11) is 1.37. The maximum absolute atomic E-state index is 11.3.